The molecule has 5 rings (SSSR count). The van der Waals surface area contributed by atoms with E-state index in [0.717, 1.165) is 30.5 Å². The first-order chi connectivity index (χ1) is 22.2. The van der Waals surface area contributed by atoms with Gasteiger partial charge in [-0.05, 0) is 87.1 Å². The van der Waals surface area contributed by atoms with Gasteiger partial charge in [0.1, 0.15) is 17.6 Å². The number of hydrazone groups is 1. The lowest BCUT2D eigenvalue weighted by atomic mass is 9.95. The summed E-state index contributed by atoms with van der Waals surface area (Å²) in [6, 6.07) is 13.1. The van der Waals surface area contributed by atoms with E-state index in [4.69, 9.17) is 4.74 Å². The molecular weight excluding hydrogens is 613 g/mol. The fraction of sp³-hybridized carbons (Fsp3) is 0.382. The predicted molar refractivity (Wildman–Crippen MR) is 170 cm³/mol. The van der Waals surface area contributed by atoms with Gasteiger partial charge in [0.05, 0.1) is 23.8 Å². The number of carbonyl (C=O) groups is 3. The van der Waals surface area contributed by atoms with E-state index in [1.807, 2.05) is 0 Å². The topological polar surface area (TPSA) is 116 Å². The molecule has 10 nitrogen and oxygen atoms in total. The molecule has 0 unspecified atom stereocenters. The van der Waals surface area contributed by atoms with Crippen molar-refractivity contribution in [2.45, 2.75) is 64.9 Å². The third kappa shape index (κ3) is 8.66. The van der Waals surface area contributed by atoms with Crippen LogP contribution in [0.25, 0.3) is 11.1 Å². The smallest absolute Gasteiger partial charge is 0.416 e. The van der Waals surface area contributed by atoms with Crippen molar-refractivity contribution in [3.05, 3.63) is 83.2 Å². The number of benzene rings is 2. The number of carbonyl (C=O) groups excluding carboxylic acids is 3. The zero-order valence-corrected chi connectivity index (χ0v) is 26.6. The number of hydrogen-bond acceptors (Lipinski definition) is 7. The number of rotatable bonds is 8. The van der Waals surface area contributed by atoms with Crippen LogP contribution in [-0.2, 0) is 22.3 Å². The monoisotopic (exact) mass is 650 g/mol. The molecule has 2 N–H and O–H groups in total. The molecule has 13 heteroatoms. The second-order valence-corrected chi connectivity index (χ2v) is 12.6. The minimum Gasteiger partial charge on any atom is -0.444 e. The molecule has 3 amide bonds. The minimum absolute atomic E-state index is 0.0394. The average molecular weight is 651 g/mol. The maximum absolute atomic E-state index is 13.6. The molecular formula is C34H37F3N6O4. The lowest BCUT2D eigenvalue weighted by Crippen LogP contribution is -2.42. The highest BCUT2D eigenvalue weighted by Gasteiger charge is 2.34. The Labute approximate surface area is 271 Å². The molecule has 0 bridgehead atoms. The molecule has 3 aromatic rings. The summed E-state index contributed by atoms with van der Waals surface area (Å²) in [7, 11) is 0. The molecule has 1 atom stereocenters. The number of anilines is 1. The molecule has 0 radical (unpaired) electrons. The number of alkyl halides is 3. The SMILES string of the molecule is C[C@@H](NC(=O)c1cc(N2CCN(C(=O)C3CC3)C=N2)ccn1)c1ccc(-c2cc(C(F)(F)F)ccc2CNC(=O)OC(C)(C)C)cc1. The van der Waals surface area contributed by atoms with Gasteiger partial charge in [-0.25, -0.2) is 4.79 Å². The van der Waals surface area contributed by atoms with E-state index in [2.05, 4.69) is 20.7 Å². The van der Waals surface area contributed by atoms with Crippen LogP contribution in [0.15, 0.2) is 65.9 Å². The summed E-state index contributed by atoms with van der Waals surface area (Å²) in [5, 5.41) is 11.6. The van der Waals surface area contributed by atoms with E-state index in [0.29, 0.717) is 35.5 Å². The second kappa shape index (κ2) is 13.4. The van der Waals surface area contributed by atoms with Gasteiger partial charge in [0.15, 0.2) is 0 Å². The van der Waals surface area contributed by atoms with Crippen LogP contribution in [0.3, 0.4) is 0 Å². The van der Waals surface area contributed by atoms with Gasteiger partial charge in [-0.1, -0.05) is 30.3 Å². The number of halogens is 3. The fourth-order valence-electron chi connectivity index (χ4n) is 5.04. The molecule has 0 spiro atoms. The molecule has 1 aliphatic heterocycles. The van der Waals surface area contributed by atoms with Crippen LogP contribution in [0.2, 0.25) is 0 Å². The third-order valence-electron chi connectivity index (χ3n) is 7.70. The zero-order valence-electron chi connectivity index (χ0n) is 26.6. The molecule has 0 saturated heterocycles. The first-order valence-electron chi connectivity index (χ1n) is 15.3. The molecule has 2 aliphatic rings. The van der Waals surface area contributed by atoms with Gasteiger partial charge in [-0.3, -0.25) is 24.5 Å². The van der Waals surface area contributed by atoms with Crippen LogP contribution < -0.4 is 15.6 Å². The molecule has 248 valence electrons. The van der Waals surface area contributed by atoms with Gasteiger partial charge < -0.3 is 15.4 Å². The van der Waals surface area contributed by atoms with E-state index in [-0.39, 0.29) is 24.1 Å². The van der Waals surface area contributed by atoms with Crippen LogP contribution in [0.4, 0.5) is 23.7 Å². The number of hydrogen-bond donors (Lipinski definition) is 2. The van der Waals surface area contributed by atoms with Crippen LogP contribution >= 0.6 is 0 Å². The lowest BCUT2D eigenvalue weighted by Gasteiger charge is -2.28. The van der Waals surface area contributed by atoms with Crippen molar-refractivity contribution < 1.29 is 32.3 Å². The highest BCUT2D eigenvalue weighted by Crippen LogP contribution is 2.35. The first-order valence-corrected chi connectivity index (χ1v) is 15.3. The molecule has 1 fully saturated rings. The van der Waals surface area contributed by atoms with Gasteiger partial charge in [0.25, 0.3) is 5.91 Å². The third-order valence-corrected chi connectivity index (χ3v) is 7.70. The van der Waals surface area contributed by atoms with Crippen molar-refractivity contribution in [3.63, 3.8) is 0 Å². The van der Waals surface area contributed by atoms with Crippen molar-refractivity contribution in [1.82, 2.24) is 20.5 Å². The highest BCUT2D eigenvalue weighted by atomic mass is 19.4. The number of ether oxygens (including phenoxy) is 1. The Kier molecular flexibility index (Phi) is 9.55. The molecule has 1 saturated carbocycles. The van der Waals surface area contributed by atoms with Crippen LogP contribution in [0.5, 0.6) is 0 Å². The normalized spacial score (nSPS) is 15.6. The lowest BCUT2D eigenvalue weighted by molar-refractivity contribution is -0.137. The van der Waals surface area contributed by atoms with E-state index in [1.54, 1.807) is 74.0 Å². The first kappa shape index (κ1) is 33.4. The summed E-state index contributed by atoms with van der Waals surface area (Å²) in [5.41, 5.74) is 1.32. The highest BCUT2D eigenvalue weighted by molar-refractivity contribution is 5.94. The van der Waals surface area contributed by atoms with Gasteiger partial charge >= 0.3 is 12.3 Å². The van der Waals surface area contributed by atoms with Gasteiger partial charge in [0.2, 0.25) is 5.91 Å². The Balaban J connectivity index is 1.26. The zero-order chi connectivity index (χ0) is 33.9. The molecule has 1 aromatic heterocycles. The molecule has 47 heavy (non-hydrogen) atoms. The Hall–Kier alpha value is -4.94. The van der Waals surface area contributed by atoms with Crippen molar-refractivity contribution in [2.24, 2.45) is 11.0 Å². The Morgan fingerprint density at radius 1 is 1.00 bits per heavy atom. The van der Waals surface area contributed by atoms with Crippen molar-refractivity contribution in [1.29, 1.82) is 0 Å². The van der Waals surface area contributed by atoms with Crippen LogP contribution in [-0.4, -0.2) is 52.8 Å². The minimum atomic E-state index is -4.55. The Bertz CT molecular complexity index is 1670. The summed E-state index contributed by atoms with van der Waals surface area (Å²) in [4.78, 5) is 43.5. The van der Waals surface area contributed by atoms with E-state index in [1.165, 1.54) is 18.6 Å². The second-order valence-electron chi connectivity index (χ2n) is 12.6. The molecule has 2 heterocycles. The average Bonchev–Trinajstić information content (AvgIpc) is 3.88. The predicted octanol–water partition coefficient (Wildman–Crippen LogP) is 6.29. The Morgan fingerprint density at radius 2 is 1.72 bits per heavy atom. The number of pyridine rings is 1. The van der Waals surface area contributed by atoms with Crippen molar-refractivity contribution in [3.8, 4) is 11.1 Å². The number of alkyl carbamates (subject to hydrolysis) is 1. The summed E-state index contributed by atoms with van der Waals surface area (Å²) in [6.45, 7) is 7.87. The summed E-state index contributed by atoms with van der Waals surface area (Å²) >= 11 is 0. The molecule has 1 aliphatic carbocycles. The van der Waals surface area contributed by atoms with Gasteiger partial charge in [-0.2, -0.15) is 18.3 Å². The maximum Gasteiger partial charge on any atom is 0.416 e. The number of aromatic nitrogens is 1. The van der Waals surface area contributed by atoms with Gasteiger partial charge in [-0.15, -0.1) is 0 Å². The summed E-state index contributed by atoms with van der Waals surface area (Å²) < 4.78 is 46.0. The number of nitrogens with one attached hydrogen (secondary N) is 2. The summed E-state index contributed by atoms with van der Waals surface area (Å²) in [5.74, 6) is -0.215. The van der Waals surface area contributed by atoms with Crippen molar-refractivity contribution in [2.75, 3.05) is 18.1 Å². The van der Waals surface area contributed by atoms with Crippen LogP contribution in [0.1, 0.15) is 73.8 Å². The summed E-state index contributed by atoms with van der Waals surface area (Å²) in [6.07, 6.45) is -0.347. The van der Waals surface area contributed by atoms with Crippen LogP contribution in [0, 0.1) is 5.92 Å². The number of nitrogens with zero attached hydrogens (tertiary/aromatic N) is 4. The number of amides is 3. The largest absolute Gasteiger partial charge is 0.444 e. The standard InChI is InChI=1S/C34H37F3N6O4/c1-21(41-30(44)29-18-27(13-14-38-29)43-16-15-42(20-40-43)31(45)24-9-10-24)22-5-7-23(8-6-22)28-17-26(34(35,36)37)12-11-25(28)19-39-32(46)47-33(2,3)4/h5-8,11-14,17-18,20-21,24H,9-10,15-16,19H2,1-4H3,(H,39,46)(H,41,44)/t21-/m1/s1. The maximum atomic E-state index is 13.6. The van der Waals surface area contributed by atoms with E-state index < -0.39 is 35.4 Å². The quantitative estimate of drug-likeness (QED) is 0.296. The molecule has 2 aromatic carbocycles. The van der Waals surface area contributed by atoms with Gasteiger partial charge in [0, 0.05) is 25.2 Å². The van der Waals surface area contributed by atoms with E-state index in [9.17, 15) is 27.6 Å². The Morgan fingerprint density at radius 3 is 2.34 bits per heavy atom. The van der Waals surface area contributed by atoms with Crippen molar-refractivity contribution >= 4 is 29.9 Å². The fourth-order valence-corrected chi connectivity index (χ4v) is 5.04. The van der Waals surface area contributed by atoms with E-state index >= 15 is 0 Å².